The second kappa shape index (κ2) is 7.32. The monoisotopic (exact) mass is 321 g/mol. The first-order chi connectivity index (χ1) is 9.39. The van der Waals surface area contributed by atoms with Gasteiger partial charge in [-0.1, -0.05) is 16.8 Å². The van der Waals surface area contributed by atoms with E-state index in [1.165, 1.54) is 18.2 Å². The fourth-order valence-electron chi connectivity index (χ4n) is 1.35. The number of nitrogens with one attached hydrogen (secondary N) is 1. The van der Waals surface area contributed by atoms with Crippen LogP contribution >= 0.6 is 11.6 Å². The smallest absolute Gasteiger partial charge is 0.235 e. The molecule has 0 aliphatic rings. The molecule has 1 aromatic carbocycles. The maximum atomic E-state index is 11.8. The third kappa shape index (κ3) is 4.87. The van der Waals surface area contributed by atoms with Gasteiger partial charge in [-0.3, -0.25) is 4.72 Å². The molecule has 9 heteroatoms. The molecule has 1 aromatic rings. The zero-order valence-corrected chi connectivity index (χ0v) is 12.4. The minimum absolute atomic E-state index is 0.0867. The maximum absolute atomic E-state index is 11.8. The average Bonchev–Trinajstić information content (AvgIpc) is 2.40. The van der Waals surface area contributed by atoms with Gasteiger partial charge >= 0.3 is 0 Å². The summed E-state index contributed by atoms with van der Waals surface area (Å²) >= 11 is 5.91. The standard InChI is InChI=1S/C11H16ClN3O4S/c1-2-19-5-6-20(17,18)15-10-7-8(11(13)14-16)3-4-9(10)12/h3-4,7,15-16H,2,5-6H2,1H3,(H2,13,14). The highest BCUT2D eigenvalue weighted by Crippen LogP contribution is 2.24. The minimum Gasteiger partial charge on any atom is -0.409 e. The lowest BCUT2D eigenvalue weighted by Gasteiger charge is -2.11. The van der Waals surface area contributed by atoms with Crippen LogP contribution in [0.2, 0.25) is 5.02 Å². The van der Waals surface area contributed by atoms with Crippen LogP contribution in [0.4, 0.5) is 5.69 Å². The van der Waals surface area contributed by atoms with Crippen molar-refractivity contribution in [2.75, 3.05) is 23.7 Å². The molecule has 4 N–H and O–H groups in total. The fraction of sp³-hybridized carbons (Fsp3) is 0.364. The van der Waals surface area contributed by atoms with E-state index in [1.54, 1.807) is 6.92 Å². The Labute approximate surface area is 122 Å². The highest BCUT2D eigenvalue weighted by molar-refractivity contribution is 7.92. The van der Waals surface area contributed by atoms with Gasteiger partial charge in [0.15, 0.2) is 5.84 Å². The molecule has 0 amide bonds. The number of ether oxygens (including phenoxy) is 1. The molecule has 20 heavy (non-hydrogen) atoms. The van der Waals surface area contributed by atoms with E-state index in [2.05, 4.69) is 9.88 Å². The van der Waals surface area contributed by atoms with Gasteiger partial charge in [0.05, 0.1) is 23.1 Å². The summed E-state index contributed by atoms with van der Waals surface area (Å²) in [6.45, 7) is 2.30. The first-order valence-electron chi connectivity index (χ1n) is 5.75. The molecule has 0 aromatic heterocycles. The van der Waals surface area contributed by atoms with Gasteiger partial charge in [-0.2, -0.15) is 0 Å². The summed E-state index contributed by atoms with van der Waals surface area (Å²) in [5, 5.41) is 11.6. The molecule has 0 bridgehead atoms. The summed E-state index contributed by atoms with van der Waals surface area (Å²) in [5.74, 6) is -0.332. The average molecular weight is 322 g/mol. The lowest BCUT2D eigenvalue weighted by molar-refractivity contribution is 0.163. The largest absolute Gasteiger partial charge is 0.409 e. The first-order valence-corrected chi connectivity index (χ1v) is 7.78. The Morgan fingerprint density at radius 1 is 1.55 bits per heavy atom. The van der Waals surface area contributed by atoms with E-state index in [9.17, 15) is 8.42 Å². The molecule has 0 fully saturated rings. The number of oxime groups is 1. The predicted octanol–water partition coefficient (Wildman–Crippen LogP) is 1.21. The normalized spacial score (nSPS) is 12.4. The number of anilines is 1. The molecule has 0 aliphatic carbocycles. The van der Waals surface area contributed by atoms with E-state index in [1.807, 2.05) is 0 Å². The number of rotatable bonds is 7. The third-order valence-corrected chi connectivity index (χ3v) is 3.90. The number of hydrogen-bond acceptors (Lipinski definition) is 5. The van der Waals surface area contributed by atoms with Crippen LogP contribution in [0.1, 0.15) is 12.5 Å². The molecular formula is C11H16ClN3O4S. The van der Waals surface area contributed by atoms with Crippen LogP contribution in [-0.2, 0) is 14.8 Å². The van der Waals surface area contributed by atoms with Gasteiger partial charge in [0.2, 0.25) is 10.0 Å². The second-order valence-corrected chi connectivity index (χ2v) is 6.05. The van der Waals surface area contributed by atoms with Gasteiger partial charge < -0.3 is 15.7 Å². The van der Waals surface area contributed by atoms with Gasteiger partial charge in [-0.05, 0) is 25.1 Å². The van der Waals surface area contributed by atoms with Crippen LogP contribution in [0.25, 0.3) is 0 Å². The summed E-state index contributed by atoms with van der Waals surface area (Å²) in [6.07, 6.45) is 0. The number of nitrogens with zero attached hydrogens (tertiary/aromatic N) is 1. The quantitative estimate of drug-likeness (QED) is 0.230. The van der Waals surface area contributed by atoms with Crippen molar-refractivity contribution in [3.05, 3.63) is 28.8 Å². The lowest BCUT2D eigenvalue weighted by Crippen LogP contribution is -2.21. The lowest BCUT2D eigenvalue weighted by atomic mass is 10.2. The minimum atomic E-state index is -3.58. The predicted molar refractivity (Wildman–Crippen MR) is 77.9 cm³/mol. The summed E-state index contributed by atoms with van der Waals surface area (Å²) in [4.78, 5) is 0. The Hall–Kier alpha value is -1.51. The summed E-state index contributed by atoms with van der Waals surface area (Å²) in [7, 11) is -3.58. The van der Waals surface area contributed by atoms with Gasteiger partial charge in [0.1, 0.15) is 0 Å². The van der Waals surface area contributed by atoms with Gasteiger partial charge in [0.25, 0.3) is 0 Å². The topological polar surface area (TPSA) is 114 Å². The van der Waals surface area contributed by atoms with Crippen LogP contribution < -0.4 is 10.5 Å². The summed E-state index contributed by atoms with van der Waals surface area (Å²) in [5.41, 5.74) is 5.94. The van der Waals surface area contributed by atoms with Crippen molar-refractivity contribution in [1.29, 1.82) is 0 Å². The van der Waals surface area contributed by atoms with Crippen LogP contribution in [0.3, 0.4) is 0 Å². The van der Waals surface area contributed by atoms with Crippen molar-refractivity contribution in [1.82, 2.24) is 0 Å². The van der Waals surface area contributed by atoms with E-state index in [0.29, 0.717) is 12.2 Å². The van der Waals surface area contributed by atoms with E-state index in [4.69, 9.17) is 27.3 Å². The highest BCUT2D eigenvalue weighted by atomic mass is 35.5. The number of benzene rings is 1. The molecule has 1 rings (SSSR count). The van der Waals surface area contributed by atoms with E-state index in [0.717, 1.165) is 0 Å². The fourth-order valence-corrected chi connectivity index (χ4v) is 2.52. The molecule has 112 valence electrons. The van der Waals surface area contributed by atoms with Gasteiger partial charge in [-0.15, -0.1) is 0 Å². The number of halogens is 1. The van der Waals surface area contributed by atoms with Crippen LogP contribution in [-0.4, -0.2) is 38.4 Å². The van der Waals surface area contributed by atoms with E-state index < -0.39 is 10.0 Å². The first kappa shape index (κ1) is 16.5. The second-order valence-electron chi connectivity index (χ2n) is 3.80. The van der Waals surface area contributed by atoms with Crippen molar-refractivity contribution in [2.24, 2.45) is 10.9 Å². The highest BCUT2D eigenvalue weighted by Gasteiger charge is 2.13. The Balaban J connectivity index is 2.91. The SMILES string of the molecule is CCOCCS(=O)(=O)Nc1cc(/C(N)=N/O)ccc1Cl. The van der Waals surface area contributed by atoms with Crippen molar-refractivity contribution < 1.29 is 18.4 Å². The number of amidine groups is 1. The third-order valence-electron chi connectivity index (χ3n) is 2.34. The zero-order chi connectivity index (χ0) is 15.2. The van der Waals surface area contributed by atoms with E-state index >= 15 is 0 Å². The van der Waals surface area contributed by atoms with Crippen molar-refractivity contribution in [3.63, 3.8) is 0 Å². The van der Waals surface area contributed by atoms with Crippen molar-refractivity contribution >= 4 is 33.1 Å². The Morgan fingerprint density at radius 2 is 2.25 bits per heavy atom. The van der Waals surface area contributed by atoms with Crippen molar-refractivity contribution in [3.8, 4) is 0 Å². The Bertz CT molecular complexity index is 589. The molecule has 7 nitrogen and oxygen atoms in total. The molecule has 0 unspecified atom stereocenters. The summed E-state index contributed by atoms with van der Waals surface area (Å²) < 4.78 is 31.0. The number of hydrogen-bond donors (Lipinski definition) is 3. The molecule has 0 saturated heterocycles. The van der Waals surface area contributed by atoms with Crippen molar-refractivity contribution in [2.45, 2.75) is 6.92 Å². The molecular weight excluding hydrogens is 306 g/mol. The molecule has 0 radical (unpaired) electrons. The van der Waals surface area contributed by atoms with Crippen LogP contribution in [0, 0.1) is 0 Å². The van der Waals surface area contributed by atoms with Gasteiger partial charge in [-0.25, -0.2) is 8.42 Å². The maximum Gasteiger partial charge on any atom is 0.235 e. The zero-order valence-electron chi connectivity index (χ0n) is 10.8. The molecule has 0 aliphatic heterocycles. The number of sulfonamides is 1. The summed E-state index contributed by atoms with van der Waals surface area (Å²) in [6, 6.07) is 4.35. The van der Waals surface area contributed by atoms with Gasteiger partial charge in [0, 0.05) is 12.2 Å². The molecule has 0 atom stereocenters. The van der Waals surface area contributed by atoms with E-state index in [-0.39, 0.29) is 28.9 Å². The van der Waals surface area contributed by atoms with Crippen LogP contribution in [0.15, 0.2) is 23.4 Å². The molecule has 0 saturated carbocycles. The molecule has 0 heterocycles. The Kier molecular flexibility index (Phi) is 6.05. The molecule has 0 spiro atoms. The number of nitrogens with two attached hydrogens (primary N) is 1. The Morgan fingerprint density at radius 3 is 2.85 bits per heavy atom. The van der Waals surface area contributed by atoms with Crippen LogP contribution in [0.5, 0.6) is 0 Å².